The van der Waals surface area contributed by atoms with Crippen LogP contribution < -0.4 is 0 Å². The molecule has 0 saturated carbocycles. The van der Waals surface area contributed by atoms with Gasteiger partial charge in [0.25, 0.3) is 0 Å². The molecule has 0 saturated heterocycles. The normalized spacial score (nSPS) is 17.9. The number of hydrogen-bond acceptors (Lipinski definition) is 2. The van der Waals surface area contributed by atoms with E-state index in [0.717, 1.165) is 31.3 Å². The Morgan fingerprint density at radius 1 is 1.18 bits per heavy atom. The third kappa shape index (κ3) is 3.41. The average molecular weight is 387 g/mol. The van der Waals surface area contributed by atoms with Crippen molar-refractivity contribution in [3.05, 3.63) is 64.6 Å². The van der Waals surface area contributed by atoms with Gasteiger partial charge in [0.2, 0.25) is 0 Å². The number of likely N-dealkylation sites (N-methyl/N-ethyl adjacent to an activating group) is 1. The third-order valence-corrected chi connectivity index (χ3v) is 5.59. The van der Waals surface area contributed by atoms with E-state index in [1.165, 1.54) is 40.0 Å². The van der Waals surface area contributed by atoms with E-state index in [0.29, 0.717) is 12.3 Å². The highest BCUT2D eigenvalue weighted by Gasteiger charge is 2.32. The molecule has 1 unspecified atom stereocenters. The van der Waals surface area contributed by atoms with Crippen molar-refractivity contribution in [2.75, 3.05) is 13.6 Å². The summed E-state index contributed by atoms with van der Waals surface area (Å²) >= 11 is 0. The number of rotatable bonds is 3. The molecular weight excluding hydrogens is 363 g/mol. The molecule has 0 fully saturated rings. The number of hydrogen-bond donors (Lipinski definition) is 0. The molecule has 3 heterocycles. The van der Waals surface area contributed by atoms with E-state index in [4.69, 9.17) is 0 Å². The Kier molecular flexibility index (Phi) is 4.70. The summed E-state index contributed by atoms with van der Waals surface area (Å²) in [6.45, 7) is 7.01. The largest absolute Gasteiger partial charge is 0.433 e. The highest BCUT2D eigenvalue weighted by Crippen LogP contribution is 2.36. The number of aryl methyl sites for hydroxylation is 3. The molecule has 28 heavy (non-hydrogen) atoms. The van der Waals surface area contributed by atoms with Crippen LogP contribution in [0.2, 0.25) is 0 Å². The summed E-state index contributed by atoms with van der Waals surface area (Å²) in [5, 5.41) is 1.29. The van der Waals surface area contributed by atoms with E-state index >= 15 is 0 Å². The van der Waals surface area contributed by atoms with Gasteiger partial charge in [-0.25, -0.2) is 0 Å². The number of aromatic nitrogens is 2. The van der Waals surface area contributed by atoms with Crippen LogP contribution in [-0.2, 0) is 25.7 Å². The van der Waals surface area contributed by atoms with Crippen LogP contribution in [-0.4, -0.2) is 28.0 Å². The fourth-order valence-corrected chi connectivity index (χ4v) is 4.40. The Balaban J connectivity index is 1.68. The predicted octanol–water partition coefficient (Wildman–Crippen LogP) is 5.16. The van der Waals surface area contributed by atoms with Gasteiger partial charge in [-0.05, 0) is 49.7 Å². The summed E-state index contributed by atoms with van der Waals surface area (Å²) in [5.41, 5.74) is 5.16. The lowest BCUT2D eigenvalue weighted by Crippen LogP contribution is -2.30. The Morgan fingerprint density at radius 3 is 2.64 bits per heavy atom. The maximum absolute atomic E-state index is 12.7. The monoisotopic (exact) mass is 387 g/mol. The molecule has 0 bridgehead atoms. The minimum atomic E-state index is -4.40. The van der Waals surface area contributed by atoms with Crippen molar-refractivity contribution in [3.8, 4) is 0 Å². The molecule has 2 aromatic heterocycles. The van der Waals surface area contributed by atoms with Gasteiger partial charge in [-0.2, -0.15) is 13.2 Å². The van der Waals surface area contributed by atoms with Crippen LogP contribution in [0.3, 0.4) is 0 Å². The zero-order valence-electron chi connectivity index (χ0n) is 16.3. The van der Waals surface area contributed by atoms with Crippen LogP contribution in [0.15, 0.2) is 36.5 Å². The van der Waals surface area contributed by atoms with Crippen molar-refractivity contribution < 1.29 is 13.2 Å². The lowest BCUT2D eigenvalue weighted by Gasteiger charge is -2.29. The first-order valence-electron chi connectivity index (χ1n) is 9.56. The van der Waals surface area contributed by atoms with Gasteiger partial charge in [-0.1, -0.05) is 24.6 Å². The fraction of sp³-hybridized carbons (Fsp3) is 0.409. The molecule has 1 atom stereocenters. The molecule has 0 radical (unpaired) electrons. The topological polar surface area (TPSA) is 21.1 Å². The van der Waals surface area contributed by atoms with Gasteiger partial charge in [0.1, 0.15) is 5.69 Å². The van der Waals surface area contributed by atoms with E-state index in [9.17, 15) is 13.2 Å². The number of benzene rings is 1. The van der Waals surface area contributed by atoms with Gasteiger partial charge >= 0.3 is 6.18 Å². The maximum atomic E-state index is 12.7. The Hall–Kier alpha value is -2.34. The van der Waals surface area contributed by atoms with Crippen LogP contribution in [0.4, 0.5) is 13.2 Å². The van der Waals surface area contributed by atoms with E-state index in [2.05, 4.69) is 53.5 Å². The molecule has 3 nitrogen and oxygen atoms in total. The lowest BCUT2D eigenvalue weighted by atomic mass is 9.96. The second-order valence-corrected chi connectivity index (χ2v) is 7.93. The van der Waals surface area contributed by atoms with Gasteiger partial charge in [-0.3, -0.25) is 4.98 Å². The van der Waals surface area contributed by atoms with Crippen LogP contribution in [0.25, 0.3) is 10.9 Å². The van der Waals surface area contributed by atoms with Crippen molar-refractivity contribution >= 4 is 10.9 Å². The van der Waals surface area contributed by atoms with Crippen molar-refractivity contribution in [3.63, 3.8) is 0 Å². The molecule has 148 valence electrons. The zero-order chi connectivity index (χ0) is 20.1. The van der Waals surface area contributed by atoms with Crippen molar-refractivity contribution in [1.82, 2.24) is 14.5 Å². The summed E-state index contributed by atoms with van der Waals surface area (Å²) in [4.78, 5) is 5.94. The smallest absolute Gasteiger partial charge is 0.344 e. The Morgan fingerprint density at radius 2 is 1.96 bits per heavy atom. The van der Waals surface area contributed by atoms with Crippen molar-refractivity contribution in [2.45, 2.75) is 45.5 Å². The van der Waals surface area contributed by atoms with E-state index in [1.807, 2.05) is 0 Å². The summed E-state index contributed by atoms with van der Waals surface area (Å²) in [7, 11) is 2.15. The number of nitrogens with zero attached hydrogens (tertiary/aromatic N) is 3. The van der Waals surface area contributed by atoms with E-state index in [1.54, 1.807) is 0 Å². The van der Waals surface area contributed by atoms with E-state index in [-0.39, 0.29) is 0 Å². The minimum absolute atomic E-state index is 0.409. The molecule has 0 spiro atoms. The second-order valence-electron chi connectivity index (χ2n) is 7.93. The SMILES string of the molecule is Cc1ccc2c(c1)c1c(n2CCc2ccc(C(F)(F)F)nc2)C(C)CN(C)C1. The summed E-state index contributed by atoms with van der Waals surface area (Å²) < 4.78 is 40.5. The van der Waals surface area contributed by atoms with Crippen LogP contribution in [0.1, 0.15) is 40.9 Å². The van der Waals surface area contributed by atoms with Gasteiger partial charge < -0.3 is 9.47 Å². The Labute approximate surface area is 162 Å². The minimum Gasteiger partial charge on any atom is -0.344 e. The fourth-order valence-electron chi connectivity index (χ4n) is 4.40. The number of fused-ring (bicyclic) bond motifs is 3. The van der Waals surface area contributed by atoms with Gasteiger partial charge in [0.05, 0.1) is 0 Å². The highest BCUT2D eigenvalue weighted by atomic mass is 19.4. The average Bonchev–Trinajstić information content (AvgIpc) is 2.93. The lowest BCUT2D eigenvalue weighted by molar-refractivity contribution is -0.141. The van der Waals surface area contributed by atoms with Crippen molar-refractivity contribution in [1.29, 1.82) is 0 Å². The summed E-state index contributed by atoms with van der Waals surface area (Å²) in [6, 6.07) is 9.14. The van der Waals surface area contributed by atoms with Crippen LogP contribution in [0.5, 0.6) is 0 Å². The number of alkyl halides is 3. The molecule has 1 aliphatic heterocycles. The maximum Gasteiger partial charge on any atom is 0.433 e. The summed E-state index contributed by atoms with van der Waals surface area (Å²) in [5.74, 6) is 0.409. The second kappa shape index (κ2) is 6.92. The predicted molar refractivity (Wildman–Crippen MR) is 104 cm³/mol. The van der Waals surface area contributed by atoms with Crippen LogP contribution >= 0.6 is 0 Å². The molecule has 6 heteroatoms. The molecule has 1 aromatic carbocycles. The zero-order valence-corrected chi connectivity index (χ0v) is 16.3. The molecule has 0 amide bonds. The number of halogens is 3. The molecule has 0 N–H and O–H groups in total. The standard InChI is InChI=1S/C22H24F3N3/c1-14-4-6-19-17(10-14)18-13-27(3)12-15(2)21(18)28(19)9-8-16-5-7-20(26-11-16)22(23,24)25/h4-7,10-11,15H,8-9,12-13H2,1-3H3. The van der Waals surface area contributed by atoms with E-state index < -0.39 is 11.9 Å². The summed E-state index contributed by atoms with van der Waals surface area (Å²) in [6.07, 6.45) is -2.40. The van der Waals surface area contributed by atoms with Gasteiger partial charge in [0, 0.05) is 48.3 Å². The Bertz CT molecular complexity index is 1000. The molecular formula is C22H24F3N3. The molecule has 3 aromatic rings. The first kappa shape index (κ1) is 19.0. The first-order chi connectivity index (χ1) is 13.2. The first-order valence-corrected chi connectivity index (χ1v) is 9.56. The quantitative estimate of drug-likeness (QED) is 0.619. The third-order valence-electron chi connectivity index (χ3n) is 5.59. The van der Waals surface area contributed by atoms with Crippen LogP contribution in [0, 0.1) is 6.92 Å². The van der Waals surface area contributed by atoms with Crippen molar-refractivity contribution in [2.24, 2.45) is 0 Å². The molecule has 4 rings (SSSR count). The molecule has 0 aliphatic carbocycles. The van der Waals surface area contributed by atoms with Gasteiger partial charge in [-0.15, -0.1) is 0 Å². The highest BCUT2D eigenvalue weighted by molar-refractivity contribution is 5.86. The number of pyridine rings is 1. The molecule has 1 aliphatic rings. The van der Waals surface area contributed by atoms with Gasteiger partial charge in [0.15, 0.2) is 0 Å².